The summed E-state index contributed by atoms with van der Waals surface area (Å²) >= 11 is 5.91. The highest BCUT2D eigenvalue weighted by Gasteiger charge is 2.13. The third-order valence-electron chi connectivity index (χ3n) is 3.49. The number of nitrogens with one attached hydrogen (secondary N) is 1. The molecule has 0 spiro atoms. The van der Waals surface area contributed by atoms with Crippen LogP contribution in [0, 0.1) is 0 Å². The van der Waals surface area contributed by atoms with E-state index in [9.17, 15) is 14.4 Å². The molecule has 0 aliphatic heterocycles. The zero-order valence-electron chi connectivity index (χ0n) is 14.4. The molecule has 136 valence electrons. The molecule has 1 amide bonds. The summed E-state index contributed by atoms with van der Waals surface area (Å²) < 4.78 is 10.1. The van der Waals surface area contributed by atoms with Crippen molar-refractivity contribution < 1.29 is 23.9 Å². The minimum atomic E-state index is -0.585. The molecule has 2 rings (SSSR count). The second-order valence-corrected chi connectivity index (χ2v) is 5.92. The monoisotopic (exact) mass is 375 g/mol. The van der Waals surface area contributed by atoms with E-state index in [1.165, 1.54) is 14.0 Å². The molecular weight excluding hydrogens is 358 g/mol. The van der Waals surface area contributed by atoms with Gasteiger partial charge in [-0.1, -0.05) is 23.7 Å². The Labute approximate surface area is 156 Å². The number of esters is 1. The van der Waals surface area contributed by atoms with Crippen molar-refractivity contribution in [2.24, 2.45) is 0 Å². The van der Waals surface area contributed by atoms with Gasteiger partial charge < -0.3 is 14.8 Å². The highest BCUT2D eigenvalue weighted by atomic mass is 35.5. The van der Waals surface area contributed by atoms with Crippen molar-refractivity contribution in [1.29, 1.82) is 0 Å². The zero-order chi connectivity index (χ0) is 19.1. The minimum absolute atomic E-state index is 0.0726. The molecule has 0 saturated carbocycles. The van der Waals surface area contributed by atoms with Gasteiger partial charge in [-0.25, -0.2) is 0 Å². The number of hydrogen-bond acceptors (Lipinski definition) is 5. The van der Waals surface area contributed by atoms with Gasteiger partial charge in [-0.05, 0) is 37.3 Å². The Bertz CT molecular complexity index is 834. The maximum absolute atomic E-state index is 11.9. The van der Waals surface area contributed by atoms with Crippen LogP contribution in [0.1, 0.15) is 22.8 Å². The van der Waals surface area contributed by atoms with Crippen LogP contribution < -0.4 is 10.1 Å². The van der Waals surface area contributed by atoms with Gasteiger partial charge >= 0.3 is 5.97 Å². The van der Waals surface area contributed by atoms with Gasteiger partial charge in [0.2, 0.25) is 0 Å². The van der Waals surface area contributed by atoms with Gasteiger partial charge in [0.25, 0.3) is 5.91 Å². The van der Waals surface area contributed by atoms with Crippen molar-refractivity contribution in [1.82, 2.24) is 0 Å². The van der Waals surface area contributed by atoms with E-state index in [-0.39, 0.29) is 12.2 Å². The van der Waals surface area contributed by atoms with E-state index in [0.717, 1.165) is 0 Å². The molecule has 0 saturated heterocycles. The highest BCUT2D eigenvalue weighted by molar-refractivity contribution is 6.30. The Kier molecular flexibility index (Phi) is 6.74. The molecular formula is C19H18ClNO5. The van der Waals surface area contributed by atoms with Crippen molar-refractivity contribution in [3.8, 4) is 5.75 Å². The summed E-state index contributed by atoms with van der Waals surface area (Å²) in [4.78, 5) is 35.2. The lowest BCUT2D eigenvalue weighted by molar-refractivity contribution is -0.146. The van der Waals surface area contributed by atoms with Crippen LogP contribution in [0.15, 0.2) is 42.5 Å². The quantitative estimate of drug-likeness (QED) is 0.593. The van der Waals surface area contributed by atoms with Crippen molar-refractivity contribution in [3.63, 3.8) is 0 Å². The second kappa shape index (κ2) is 9.01. The van der Waals surface area contributed by atoms with Gasteiger partial charge in [-0.15, -0.1) is 0 Å². The van der Waals surface area contributed by atoms with Crippen LogP contribution in [0.2, 0.25) is 5.02 Å². The van der Waals surface area contributed by atoms with Crippen molar-refractivity contribution in [2.75, 3.05) is 19.0 Å². The van der Waals surface area contributed by atoms with Gasteiger partial charge in [-0.2, -0.15) is 0 Å². The molecule has 1 N–H and O–H groups in total. The Hall–Kier alpha value is -2.86. The van der Waals surface area contributed by atoms with Gasteiger partial charge in [-0.3, -0.25) is 14.4 Å². The molecule has 0 fully saturated rings. The number of benzene rings is 2. The predicted molar refractivity (Wildman–Crippen MR) is 97.7 cm³/mol. The van der Waals surface area contributed by atoms with Crippen LogP contribution >= 0.6 is 11.6 Å². The molecule has 26 heavy (non-hydrogen) atoms. The zero-order valence-corrected chi connectivity index (χ0v) is 15.1. The number of halogens is 1. The molecule has 0 radical (unpaired) electrons. The van der Waals surface area contributed by atoms with Gasteiger partial charge in [0.15, 0.2) is 12.4 Å². The second-order valence-electron chi connectivity index (χ2n) is 5.48. The maximum Gasteiger partial charge on any atom is 0.310 e. The number of Topliss-reactive ketones (excluding diaryl/α,β-unsaturated/α-hetero) is 1. The molecule has 0 heterocycles. The van der Waals surface area contributed by atoms with Crippen LogP contribution in [-0.2, 0) is 20.7 Å². The first kappa shape index (κ1) is 19.5. The first-order chi connectivity index (χ1) is 12.4. The average Bonchev–Trinajstić information content (AvgIpc) is 2.60. The summed E-state index contributed by atoms with van der Waals surface area (Å²) in [6.45, 7) is 0.999. The van der Waals surface area contributed by atoms with Gasteiger partial charge in [0.05, 0.1) is 13.5 Å². The molecule has 0 aliphatic carbocycles. The summed E-state index contributed by atoms with van der Waals surface area (Å²) in [5.41, 5.74) is 1.50. The molecule has 0 unspecified atom stereocenters. The van der Waals surface area contributed by atoms with Crippen molar-refractivity contribution >= 4 is 34.9 Å². The van der Waals surface area contributed by atoms with Crippen LogP contribution in [0.5, 0.6) is 5.75 Å². The lowest BCUT2D eigenvalue weighted by Gasteiger charge is -2.10. The minimum Gasteiger partial charge on any atom is -0.496 e. The third kappa shape index (κ3) is 5.60. The number of carbonyl (C=O) groups excluding carboxylic acids is 3. The fourth-order valence-corrected chi connectivity index (χ4v) is 2.45. The Morgan fingerprint density at radius 1 is 1.12 bits per heavy atom. The standard InChI is InChI=1S/C19H18ClNO5/c1-12(22)13-4-3-5-16(9-13)21-18(23)11-26-19(24)10-14-8-15(20)6-7-17(14)25-2/h3-9H,10-11H2,1-2H3,(H,21,23). The van der Waals surface area contributed by atoms with Crippen molar-refractivity contribution in [2.45, 2.75) is 13.3 Å². The lowest BCUT2D eigenvalue weighted by atomic mass is 10.1. The molecule has 0 aromatic heterocycles. The Morgan fingerprint density at radius 2 is 1.88 bits per heavy atom. The van der Waals surface area contributed by atoms with Crippen LogP contribution in [-0.4, -0.2) is 31.4 Å². The fraction of sp³-hybridized carbons (Fsp3) is 0.211. The summed E-state index contributed by atoms with van der Waals surface area (Å²) in [6, 6.07) is 11.4. The fourth-order valence-electron chi connectivity index (χ4n) is 2.25. The highest BCUT2D eigenvalue weighted by Crippen LogP contribution is 2.23. The summed E-state index contributed by atoms with van der Waals surface area (Å²) in [7, 11) is 1.49. The third-order valence-corrected chi connectivity index (χ3v) is 3.73. The van der Waals surface area contributed by atoms with Crippen molar-refractivity contribution in [3.05, 3.63) is 58.6 Å². The average molecular weight is 376 g/mol. The van der Waals surface area contributed by atoms with E-state index < -0.39 is 18.5 Å². The molecule has 2 aromatic carbocycles. The van der Waals surface area contributed by atoms with E-state index in [4.69, 9.17) is 21.1 Å². The smallest absolute Gasteiger partial charge is 0.310 e. The van der Waals surface area contributed by atoms with E-state index in [0.29, 0.717) is 27.6 Å². The molecule has 6 nitrogen and oxygen atoms in total. The number of ether oxygens (including phenoxy) is 2. The van der Waals surface area contributed by atoms with Crippen LogP contribution in [0.25, 0.3) is 0 Å². The maximum atomic E-state index is 11.9. The van der Waals surface area contributed by atoms with E-state index >= 15 is 0 Å². The Balaban J connectivity index is 1.89. The summed E-state index contributed by atoms with van der Waals surface area (Å²) in [5.74, 6) is -0.685. The number of rotatable bonds is 7. The largest absolute Gasteiger partial charge is 0.496 e. The molecule has 0 aliphatic rings. The predicted octanol–water partition coefficient (Wildman–Crippen LogP) is 3.28. The first-order valence-electron chi connectivity index (χ1n) is 7.78. The number of hydrogen-bond donors (Lipinski definition) is 1. The number of anilines is 1. The van der Waals surface area contributed by atoms with Crippen LogP contribution in [0.4, 0.5) is 5.69 Å². The summed E-state index contributed by atoms with van der Waals surface area (Å²) in [5, 5.41) is 3.04. The number of ketones is 1. The number of carbonyl (C=O) groups is 3. The normalized spacial score (nSPS) is 10.1. The lowest BCUT2D eigenvalue weighted by Crippen LogP contribution is -2.21. The first-order valence-corrected chi connectivity index (χ1v) is 8.15. The molecule has 0 bridgehead atoms. The molecule has 7 heteroatoms. The SMILES string of the molecule is COc1ccc(Cl)cc1CC(=O)OCC(=O)Nc1cccc(C(C)=O)c1. The van der Waals surface area contributed by atoms with Gasteiger partial charge in [0, 0.05) is 21.8 Å². The molecule has 0 atom stereocenters. The van der Waals surface area contributed by atoms with E-state index in [1.54, 1.807) is 42.5 Å². The summed E-state index contributed by atoms with van der Waals surface area (Å²) in [6.07, 6.45) is -0.0726. The number of methoxy groups -OCH3 is 1. The molecule has 2 aromatic rings. The number of amides is 1. The topological polar surface area (TPSA) is 81.7 Å². The van der Waals surface area contributed by atoms with E-state index in [1.807, 2.05) is 0 Å². The van der Waals surface area contributed by atoms with Crippen LogP contribution in [0.3, 0.4) is 0 Å². The Morgan fingerprint density at radius 3 is 2.58 bits per heavy atom. The van der Waals surface area contributed by atoms with Gasteiger partial charge in [0.1, 0.15) is 5.75 Å². The van der Waals surface area contributed by atoms with E-state index in [2.05, 4.69) is 5.32 Å².